The summed E-state index contributed by atoms with van der Waals surface area (Å²) in [5.41, 5.74) is 2.08. The Balaban J connectivity index is 2.28. The highest BCUT2D eigenvalue weighted by atomic mass is 16.5. The lowest BCUT2D eigenvalue weighted by molar-refractivity contribution is -0.136. The van der Waals surface area contributed by atoms with Crippen molar-refractivity contribution in [2.24, 2.45) is 0 Å². The number of benzene rings is 2. The summed E-state index contributed by atoms with van der Waals surface area (Å²) >= 11 is 0. The molecule has 0 fully saturated rings. The van der Waals surface area contributed by atoms with Crippen LogP contribution in [0.4, 0.5) is 0 Å². The number of rotatable bonds is 4. The summed E-state index contributed by atoms with van der Waals surface area (Å²) in [6.45, 7) is 1.91. The fraction of sp³-hybridized carbons (Fsp3) is 0.125. The van der Waals surface area contributed by atoms with Gasteiger partial charge in [-0.25, -0.2) is 0 Å². The summed E-state index contributed by atoms with van der Waals surface area (Å²) in [7, 11) is 0. The van der Waals surface area contributed by atoms with E-state index >= 15 is 0 Å². The first-order valence-electron chi connectivity index (χ1n) is 6.08. The van der Waals surface area contributed by atoms with Gasteiger partial charge >= 0.3 is 5.97 Å². The van der Waals surface area contributed by atoms with Crippen molar-refractivity contribution in [3.8, 4) is 17.6 Å². The van der Waals surface area contributed by atoms with Gasteiger partial charge in [0, 0.05) is 0 Å². The smallest absolute Gasteiger partial charge is 0.307 e. The molecule has 0 radical (unpaired) electrons. The third-order valence-electron chi connectivity index (χ3n) is 2.74. The van der Waals surface area contributed by atoms with Crippen LogP contribution in [0.1, 0.15) is 16.7 Å². The number of aryl methyl sites for hydroxylation is 1. The fourth-order valence-corrected chi connectivity index (χ4v) is 1.83. The second-order valence-corrected chi connectivity index (χ2v) is 4.43. The first kappa shape index (κ1) is 13.6. The third kappa shape index (κ3) is 3.36. The molecule has 0 spiro atoms. The molecule has 4 nitrogen and oxygen atoms in total. The van der Waals surface area contributed by atoms with Crippen LogP contribution in [0.15, 0.2) is 42.5 Å². The van der Waals surface area contributed by atoms with Gasteiger partial charge < -0.3 is 9.84 Å². The first-order chi connectivity index (χ1) is 9.58. The lowest BCUT2D eigenvalue weighted by Gasteiger charge is -2.09. The molecule has 0 atom stereocenters. The minimum Gasteiger partial charge on any atom is -0.481 e. The largest absolute Gasteiger partial charge is 0.481 e. The van der Waals surface area contributed by atoms with Crippen LogP contribution in [0.3, 0.4) is 0 Å². The lowest BCUT2D eigenvalue weighted by atomic mass is 10.1. The molecule has 0 heterocycles. The number of hydrogen-bond acceptors (Lipinski definition) is 3. The molecule has 1 N–H and O–H groups in total. The van der Waals surface area contributed by atoms with Crippen molar-refractivity contribution < 1.29 is 14.6 Å². The second kappa shape index (κ2) is 5.89. The number of aliphatic carboxylic acids is 1. The topological polar surface area (TPSA) is 70.3 Å². The number of nitrogens with zero attached hydrogens (tertiary/aromatic N) is 1. The summed E-state index contributed by atoms with van der Waals surface area (Å²) in [6, 6.07) is 14.2. The molecule has 2 aromatic carbocycles. The third-order valence-corrected chi connectivity index (χ3v) is 2.74. The minimum atomic E-state index is -0.893. The van der Waals surface area contributed by atoms with Crippen molar-refractivity contribution in [2.45, 2.75) is 13.3 Å². The van der Waals surface area contributed by atoms with E-state index < -0.39 is 5.97 Å². The van der Waals surface area contributed by atoms with E-state index in [9.17, 15) is 4.79 Å². The highest BCUT2D eigenvalue weighted by Gasteiger charge is 2.07. The predicted octanol–water partition coefficient (Wildman–Crippen LogP) is 3.29. The van der Waals surface area contributed by atoms with Gasteiger partial charge in [0.2, 0.25) is 0 Å². The van der Waals surface area contributed by atoms with Gasteiger partial charge in [0.15, 0.2) is 0 Å². The van der Waals surface area contributed by atoms with E-state index in [-0.39, 0.29) is 6.42 Å². The number of hydrogen-bond donors (Lipinski definition) is 1. The number of carbonyl (C=O) groups is 1. The molecular weight excluding hydrogens is 254 g/mol. The molecule has 2 aromatic rings. The Morgan fingerprint density at radius 2 is 2.10 bits per heavy atom. The predicted molar refractivity (Wildman–Crippen MR) is 73.7 cm³/mol. The van der Waals surface area contributed by atoms with E-state index in [1.54, 1.807) is 36.4 Å². The van der Waals surface area contributed by atoms with Crippen LogP contribution >= 0.6 is 0 Å². The van der Waals surface area contributed by atoms with Crippen LogP contribution in [0, 0.1) is 18.3 Å². The Morgan fingerprint density at radius 1 is 1.30 bits per heavy atom. The zero-order chi connectivity index (χ0) is 14.5. The van der Waals surface area contributed by atoms with Crippen molar-refractivity contribution >= 4 is 5.97 Å². The molecular formula is C16H13NO3. The Morgan fingerprint density at radius 3 is 2.80 bits per heavy atom. The van der Waals surface area contributed by atoms with Gasteiger partial charge in [0.25, 0.3) is 0 Å². The molecule has 4 heteroatoms. The van der Waals surface area contributed by atoms with Crippen LogP contribution < -0.4 is 4.74 Å². The minimum absolute atomic E-state index is 0.0594. The molecule has 0 unspecified atom stereocenters. The number of nitriles is 1. The molecule has 0 aliphatic heterocycles. The highest BCUT2D eigenvalue weighted by Crippen LogP contribution is 2.26. The summed E-state index contributed by atoms with van der Waals surface area (Å²) in [6.07, 6.45) is -0.0594. The summed E-state index contributed by atoms with van der Waals surface area (Å²) in [4.78, 5) is 10.7. The van der Waals surface area contributed by atoms with E-state index in [2.05, 4.69) is 6.07 Å². The zero-order valence-electron chi connectivity index (χ0n) is 11.0. The van der Waals surface area contributed by atoms with Gasteiger partial charge in [-0.2, -0.15) is 5.26 Å². The average molecular weight is 267 g/mol. The van der Waals surface area contributed by atoms with Gasteiger partial charge in [-0.15, -0.1) is 0 Å². The molecule has 100 valence electrons. The summed E-state index contributed by atoms with van der Waals surface area (Å²) < 4.78 is 5.69. The quantitative estimate of drug-likeness (QED) is 0.922. The Bertz CT molecular complexity index is 686. The van der Waals surface area contributed by atoms with E-state index in [4.69, 9.17) is 15.1 Å². The summed E-state index contributed by atoms with van der Waals surface area (Å²) in [5.74, 6) is 0.0984. The number of carboxylic acids is 1. The zero-order valence-corrected chi connectivity index (χ0v) is 11.0. The Kier molecular flexibility index (Phi) is 4.02. The maximum Gasteiger partial charge on any atom is 0.307 e. The van der Waals surface area contributed by atoms with Crippen LogP contribution in [0.2, 0.25) is 0 Å². The van der Waals surface area contributed by atoms with Crippen LogP contribution in [0.5, 0.6) is 11.5 Å². The van der Waals surface area contributed by atoms with Gasteiger partial charge in [0.1, 0.15) is 17.6 Å². The van der Waals surface area contributed by atoms with Crippen molar-refractivity contribution in [2.75, 3.05) is 0 Å². The maximum absolute atomic E-state index is 10.7. The monoisotopic (exact) mass is 267 g/mol. The van der Waals surface area contributed by atoms with Crippen molar-refractivity contribution in [1.29, 1.82) is 5.26 Å². The fourth-order valence-electron chi connectivity index (χ4n) is 1.83. The van der Waals surface area contributed by atoms with E-state index in [1.807, 2.05) is 13.0 Å². The molecule has 20 heavy (non-hydrogen) atoms. The molecule has 0 bridgehead atoms. The SMILES string of the molecule is Cc1ccc(C#N)c(Oc2cccc(CC(=O)O)c2)c1. The van der Waals surface area contributed by atoms with Crippen LogP contribution in [-0.2, 0) is 11.2 Å². The number of ether oxygens (including phenoxy) is 1. The van der Waals surface area contributed by atoms with Gasteiger partial charge in [-0.1, -0.05) is 18.2 Å². The van der Waals surface area contributed by atoms with Crippen molar-refractivity contribution in [3.05, 3.63) is 59.2 Å². The van der Waals surface area contributed by atoms with Gasteiger partial charge in [-0.05, 0) is 42.3 Å². The van der Waals surface area contributed by atoms with Crippen LogP contribution in [0.25, 0.3) is 0 Å². The lowest BCUT2D eigenvalue weighted by Crippen LogP contribution is -2.00. The molecule has 0 saturated carbocycles. The molecule has 0 aliphatic rings. The molecule has 2 rings (SSSR count). The van der Waals surface area contributed by atoms with E-state index in [0.29, 0.717) is 22.6 Å². The van der Waals surface area contributed by atoms with E-state index in [1.165, 1.54) is 0 Å². The standard InChI is InChI=1S/C16H13NO3/c1-11-5-6-13(10-17)15(7-11)20-14-4-2-3-12(8-14)9-16(18)19/h2-8H,9H2,1H3,(H,18,19). The first-order valence-corrected chi connectivity index (χ1v) is 6.08. The van der Waals surface area contributed by atoms with Gasteiger partial charge in [-0.3, -0.25) is 4.79 Å². The molecule has 0 aromatic heterocycles. The van der Waals surface area contributed by atoms with Crippen molar-refractivity contribution in [1.82, 2.24) is 0 Å². The maximum atomic E-state index is 10.7. The molecule has 0 amide bonds. The molecule has 0 saturated heterocycles. The Hall–Kier alpha value is -2.80. The number of carboxylic acid groups (broad SMARTS) is 1. The van der Waals surface area contributed by atoms with Gasteiger partial charge in [0.05, 0.1) is 12.0 Å². The average Bonchev–Trinajstić information content (AvgIpc) is 2.38. The normalized spacial score (nSPS) is 9.80. The Labute approximate surface area is 116 Å². The van der Waals surface area contributed by atoms with E-state index in [0.717, 1.165) is 5.56 Å². The second-order valence-electron chi connectivity index (χ2n) is 4.43. The van der Waals surface area contributed by atoms with Crippen molar-refractivity contribution in [3.63, 3.8) is 0 Å². The summed E-state index contributed by atoms with van der Waals surface area (Å²) in [5, 5.41) is 17.8. The van der Waals surface area contributed by atoms with Crippen LogP contribution in [-0.4, -0.2) is 11.1 Å². The highest BCUT2D eigenvalue weighted by molar-refractivity contribution is 5.70. The molecule has 0 aliphatic carbocycles.